The first-order valence-corrected chi connectivity index (χ1v) is 5.04. The predicted molar refractivity (Wildman–Crippen MR) is 54.3 cm³/mol. The summed E-state index contributed by atoms with van der Waals surface area (Å²) >= 11 is 0. The summed E-state index contributed by atoms with van der Waals surface area (Å²) in [5, 5.41) is 9.60. The molecule has 0 amide bonds. The standard InChI is InChI=1S/C12H14O2/c13-7-6-9-4-5-11-10(8-9)2-1-3-12(11)14/h1-3,7,9,14H,4-6,8H2. The second-order valence-corrected chi connectivity index (χ2v) is 3.93. The molecular formula is C12H14O2. The van der Waals surface area contributed by atoms with E-state index in [0.717, 1.165) is 31.1 Å². The summed E-state index contributed by atoms with van der Waals surface area (Å²) in [6.45, 7) is 0. The molecule has 0 aliphatic heterocycles. The summed E-state index contributed by atoms with van der Waals surface area (Å²) in [6, 6.07) is 5.66. The molecule has 2 nitrogen and oxygen atoms in total. The second kappa shape index (κ2) is 3.82. The number of carbonyl (C=O) groups excluding carboxylic acids is 1. The molecule has 1 aliphatic carbocycles. The Labute approximate surface area is 83.6 Å². The third kappa shape index (κ3) is 1.65. The molecule has 0 saturated carbocycles. The van der Waals surface area contributed by atoms with Crippen molar-refractivity contribution in [2.24, 2.45) is 5.92 Å². The van der Waals surface area contributed by atoms with Crippen LogP contribution in [0.4, 0.5) is 0 Å². The van der Waals surface area contributed by atoms with E-state index in [1.165, 1.54) is 5.56 Å². The Kier molecular flexibility index (Phi) is 2.53. The minimum Gasteiger partial charge on any atom is -0.508 e. The molecule has 14 heavy (non-hydrogen) atoms. The second-order valence-electron chi connectivity index (χ2n) is 3.93. The van der Waals surface area contributed by atoms with E-state index in [0.29, 0.717) is 18.1 Å². The van der Waals surface area contributed by atoms with Crippen LogP contribution in [0.5, 0.6) is 5.75 Å². The van der Waals surface area contributed by atoms with Gasteiger partial charge in [-0.2, -0.15) is 0 Å². The molecule has 2 rings (SSSR count). The van der Waals surface area contributed by atoms with Crippen molar-refractivity contribution >= 4 is 6.29 Å². The number of phenols is 1. The molecule has 0 spiro atoms. The normalized spacial score (nSPS) is 20.1. The molecule has 1 unspecified atom stereocenters. The van der Waals surface area contributed by atoms with Crippen LogP contribution in [0.2, 0.25) is 0 Å². The van der Waals surface area contributed by atoms with Crippen molar-refractivity contribution in [2.45, 2.75) is 25.7 Å². The molecule has 1 aromatic carbocycles. The van der Waals surface area contributed by atoms with Crippen LogP contribution in [0.3, 0.4) is 0 Å². The van der Waals surface area contributed by atoms with Crippen LogP contribution in [-0.2, 0) is 17.6 Å². The zero-order valence-electron chi connectivity index (χ0n) is 8.07. The summed E-state index contributed by atoms with van der Waals surface area (Å²) in [6.07, 6.45) is 4.50. The van der Waals surface area contributed by atoms with E-state index in [1.807, 2.05) is 12.1 Å². The van der Waals surface area contributed by atoms with Crippen molar-refractivity contribution in [1.82, 2.24) is 0 Å². The van der Waals surface area contributed by atoms with Crippen molar-refractivity contribution in [3.8, 4) is 5.75 Å². The lowest BCUT2D eigenvalue weighted by Crippen LogP contribution is -2.14. The van der Waals surface area contributed by atoms with Crippen LogP contribution in [0.1, 0.15) is 24.0 Å². The molecule has 0 radical (unpaired) electrons. The van der Waals surface area contributed by atoms with Gasteiger partial charge in [-0.05, 0) is 42.4 Å². The van der Waals surface area contributed by atoms with Crippen LogP contribution in [0, 0.1) is 5.92 Å². The van der Waals surface area contributed by atoms with Gasteiger partial charge in [-0.3, -0.25) is 0 Å². The van der Waals surface area contributed by atoms with E-state index in [1.54, 1.807) is 6.07 Å². The van der Waals surface area contributed by atoms with E-state index in [-0.39, 0.29) is 0 Å². The number of hydrogen-bond acceptors (Lipinski definition) is 2. The molecule has 1 aromatic rings. The van der Waals surface area contributed by atoms with Gasteiger partial charge in [-0.15, -0.1) is 0 Å². The van der Waals surface area contributed by atoms with E-state index in [2.05, 4.69) is 0 Å². The van der Waals surface area contributed by atoms with Crippen molar-refractivity contribution in [2.75, 3.05) is 0 Å². The fourth-order valence-corrected chi connectivity index (χ4v) is 2.20. The number of aromatic hydroxyl groups is 1. The van der Waals surface area contributed by atoms with Gasteiger partial charge in [0, 0.05) is 6.42 Å². The first kappa shape index (κ1) is 9.25. The molecular weight excluding hydrogens is 176 g/mol. The molecule has 0 fully saturated rings. The van der Waals surface area contributed by atoms with Gasteiger partial charge in [-0.1, -0.05) is 12.1 Å². The highest BCUT2D eigenvalue weighted by molar-refractivity contribution is 5.50. The minimum atomic E-state index is 0.409. The SMILES string of the molecule is O=CCC1CCc2c(O)cccc2C1. The molecule has 0 heterocycles. The number of benzene rings is 1. The van der Waals surface area contributed by atoms with E-state index < -0.39 is 0 Å². The largest absolute Gasteiger partial charge is 0.508 e. The molecule has 1 aliphatic rings. The summed E-state index contributed by atoms with van der Waals surface area (Å²) in [7, 11) is 0. The average Bonchev–Trinajstić information content (AvgIpc) is 2.18. The van der Waals surface area contributed by atoms with Crippen LogP contribution < -0.4 is 0 Å². The Hall–Kier alpha value is -1.31. The Morgan fingerprint density at radius 3 is 3.14 bits per heavy atom. The number of fused-ring (bicyclic) bond motifs is 1. The number of aldehydes is 1. The van der Waals surface area contributed by atoms with E-state index in [4.69, 9.17) is 0 Å². The molecule has 0 aromatic heterocycles. The fraction of sp³-hybridized carbons (Fsp3) is 0.417. The first-order chi connectivity index (χ1) is 6.81. The zero-order valence-corrected chi connectivity index (χ0v) is 8.07. The van der Waals surface area contributed by atoms with Gasteiger partial charge in [0.2, 0.25) is 0 Å². The molecule has 2 heteroatoms. The van der Waals surface area contributed by atoms with Gasteiger partial charge in [0.15, 0.2) is 0 Å². The maximum atomic E-state index is 10.4. The molecule has 1 atom stereocenters. The Morgan fingerprint density at radius 2 is 2.36 bits per heavy atom. The summed E-state index contributed by atoms with van der Waals surface area (Å²) in [4.78, 5) is 10.4. The van der Waals surface area contributed by atoms with Crippen molar-refractivity contribution < 1.29 is 9.90 Å². The van der Waals surface area contributed by atoms with Crippen molar-refractivity contribution in [3.05, 3.63) is 29.3 Å². The van der Waals surface area contributed by atoms with Gasteiger partial charge in [0.05, 0.1) is 0 Å². The molecule has 74 valence electrons. The molecule has 1 N–H and O–H groups in total. The number of phenolic OH excluding ortho intramolecular Hbond substituents is 1. The maximum absolute atomic E-state index is 10.4. The summed E-state index contributed by atoms with van der Waals surface area (Å²) in [5.41, 5.74) is 2.29. The van der Waals surface area contributed by atoms with Crippen molar-refractivity contribution in [1.29, 1.82) is 0 Å². The van der Waals surface area contributed by atoms with Gasteiger partial charge in [0.25, 0.3) is 0 Å². The number of carbonyl (C=O) groups is 1. The zero-order chi connectivity index (χ0) is 9.97. The average molecular weight is 190 g/mol. The highest BCUT2D eigenvalue weighted by atomic mass is 16.3. The van der Waals surface area contributed by atoms with Gasteiger partial charge >= 0.3 is 0 Å². The Bertz CT molecular complexity index is 344. The maximum Gasteiger partial charge on any atom is 0.120 e. The summed E-state index contributed by atoms with van der Waals surface area (Å²) in [5.74, 6) is 0.883. The number of rotatable bonds is 2. The highest BCUT2D eigenvalue weighted by Crippen LogP contribution is 2.32. The lowest BCUT2D eigenvalue weighted by atomic mass is 9.82. The van der Waals surface area contributed by atoms with Crippen LogP contribution in [-0.4, -0.2) is 11.4 Å². The topological polar surface area (TPSA) is 37.3 Å². The monoisotopic (exact) mass is 190 g/mol. The number of hydrogen-bond donors (Lipinski definition) is 1. The smallest absolute Gasteiger partial charge is 0.120 e. The third-order valence-corrected chi connectivity index (χ3v) is 2.99. The Morgan fingerprint density at radius 1 is 1.50 bits per heavy atom. The summed E-state index contributed by atoms with van der Waals surface area (Å²) < 4.78 is 0. The van der Waals surface area contributed by atoms with Crippen LogP contribution in [0.15, 0.2) is 18.2 Å². The van der Waals surface area contributed by atoms with Crippen LogP contribution in [0.25, 0.3) is 0 Å². The Balaban J connectivity index is 2.22. The molecule has 0 bridgehead atoms. The lowest BCUT2D eigenvalue weighted by Gasteiger charge is -2.23. The third-order valence-electron chi connectivity index (χ3n) is 2.99. The van der Waals surface area contributed by atoms with E-state index >= 15 is 0 Å². The van der Waals surface area contributed by atoms with Crippen LogP contribution >= 0.6 is 0 Å². The predicted octanol–water partition coefficient (Wildman–Crippen LogP) is 2.09. The van der Waals surface area contributed by atoms with Gasteiger partial charge < -0.3 is 9.90 Å². The highest BCUT2D eigenvalue weighted by Gasteiger charge is 2.19. The van der Waals surface area contributed by atoms with Gasteiger partial charge in [-0.25, -0.2) is 0 Å². The quantitative estimate of drug-likeness (QED) is 0.725. The molecule has 0 saturated heterocycles. The minimum absolute atomic E-state index is 0.409. The van der Waals surface area contributed by atoms with E-state index in [9.17, 15) is 9.90 Å². The first-order valence-electron chi connectivity index (χ1n) is 5.04. The lowest BCUT2D eigenvalue weighted by molar-refractivity contribution is -0.108. The van der Waals surface area contributed by atoms with Gasteiger partial charge in [0.1, 0.15) is 12.0 Å². The fourth-order valence-electron chi connectivity index (χ4n) is 2.20. The van der Waals surface area contributed by atoms with Crippen molar-refractivity contribution in [3.63, 3.8) is 0 Å².